The Morgan fingerprint density at radius 1 is 1.46 bits per heavy atom. The van der Waals surface area contributed by atoms with E-state index >= 15 is 0 Å². The van der Waals surface area contributed by atoms with Crippen LogP contribution in [-0.4, -0.2) is 26.2 Å². The van der Waals surface area contributed by atoms with Crippen molar-refractivity contribution in [3.05, 3.63) is 23.2 Å². The van der Waals surface area contributed by atoms with Crippen molar-refractivity contribution in [1.82, 2.24) is 14.9 Å². The van der Waals surface area contributed by atoms with Crippen molar-refractivity contribution in [2.75, 3.05) is 0 Å². The van der Waals surface area contributed by atoms with Gasteiger partial charge in [0.1, 0.15) is 5.54 Å². The van der Waals surface area contributed by atoms with E-state index in [1.54, 1.807) is 13.0 Å². The van der Waals surface area contributed by atoms with Gasteiger partial charge in [0.25, 0.3) is 0 Å². The summed E-state index contributed by atoms with van der Waals surface area (Å²) in [5, 5.41) is 13.2. The molecule has 0 radical (unpaired) electrons. The molecule has 2 atom stereocenters. The first kappa shape index (κ1) is 18.6. The third kappa shape index (κ3) is 3.68. The molecule has 0 saturated heterocycles. The van der Waals surface area contributed by atoms with Crippen LogP contribution in [0.25, 0.3) is 11.0 Å². The van der Waals surface area contributed by atoms with Crippen molar-refractivity contribution in [3.63, 3.8) is 0 Å². The van der Waals surface area contributed by atoms with Crippen molar-refractivity contribution in [3.8, 4) is 6.07 Å². The van der Waals surface area contributed by atoms with Crippen LogP contribution in [0.15, 0.2) is 23.4 Å². The first-order valence-corrected chi connectivity index (χ1v) is 8.95. The standard InChI is InChI=1S/C17H21ClN4OS/c1-10(2)17(4,9-19)21-15(23)11(3)24-16-20-13-8-12(18)6-7-14(13)22(16)5/h6-8,10-11H,1-5H3,(H,21,23)/t11-,17+/m0/s1. The zero-order chi connectivity index (χ0) is 18.1. The van der Waals surface area contributed by atoms with Crippen LogP contribution >= 0.6 is 23.4 Å². The van der Waals surface area contributed by atoms with Crippen LogP contribution in [0, 0.1) is 17.2 Å². The molecule has 1 aromatic carbocycles. The highest BCUT2D eigenvalue weighted by molar-refractivity contribution is 8.00. The Bertz CT molecular complexity index is 811. The lowest BCUT2D eigenvalue weighted by Gasteiger charge is -2.28. The van der Waals surface area contributed by atoms with E-state index in [-0.39, 0.29) is 17.1 Å². The topological polar surface area (TPSA) is 70.7 Å². The fraction of sp³-hybridized carbons (Fsp3) is 0.471. The number of hydrogen-bond acceptors (Lipinski definition) is 4. The van der Waals surface area contributed by atoms with Gasteiger partial charge in [-0.05, 0) is 38.0 Å². The fourth-order valence-electron chi connectivity index (χ4n) is 2.13. The molecule has 0 unspecified atom stereocenters. The number of carbonyl (C=O) groups excluding carboxylic acids is 1. The van der Waals surface area contributed by atoms with Crippen molar-refractivity contribution in [2.45, 2.75) is 43.6 Å². The van der Waals surface area contributed by atoms with Gasteiger partial charge in [-0.25, -0.2) is 4.98 Å². The molecule has 5 nitrogen and oxygen atoms in total. The third-order valence-electron chi connectivity index (χ3n) is 4.22. The van der Waals surface area contributed by atoms with Gasteiger partial charge in [-0.2, -0.15) is 5.26 Å². The highest BCUT2D eigenvalue weighted by Gasteiger charge is 2.32. The summed E-state index contributed by atoms with van der Waals surface area (Å²) in [6.07, 6.45) is 0. The third-order valence-corrected chi connectivity index (χ3v) is 5.60. The minimum Gasteiger partial charge on any atom is -0.337 e. The number of nitriles is 1. The quantitative estimate of drug-likeness (QED) is 0.820. The number of aryl methyl sites for hydroxylation is 1. The molecule has 1 heterocycles. The Kier molecular flexibility index (Phi) is 5.46. The summed E-state index contributed by atoms with van der Waals surface area (Å²) in [6.45, 7) is 7.38. The summed E-state index contributed by atoms with van der Waals surface area (Å²) in [5.74, 6) is -0.163. The number of imidazole rings is 1. The molecule has 1 aromatic heterocycles. The van der Waals surface area contributed by atoms with Crippen LogP contribution < -0.4 is 5.32 Å². The van der Waals surface area contributed by atoms with Gasteiger partial charge in [0.15, 0.2) is 5.16 Å². The Hall–Kier alpha value is -1.71. The van der Waals surface area contributed by atoms with Crippen LogP contribution in [0.5, 0.6) is 0 Å². The molecule has 0 aliphatic rings. The number of fused-ring (bicyclic) bond motifs is 1. The first-order chi connectivity index (χ1) is 11.2. The average molecular weight is 365 g/mol. The molecule has 2 aromatic rings. The van der Waals surface area contributed by atoms with Gasteiger partial charge in [0.05, 0.1) is 22.4 Å². The number of nitrogens with one attached hydrogen (secondary N) is 1. The van der Waals surface area contributed by atoms with Crippen molar-refractivity contribution < 1.29 is 4.79 Å². The number of amides is 1. The summed E-state index contributed by atoms with van der Waals surface area (Å²) in [5.41, 5.74) is 0.869. The van der Waals surface area contributed by atoms with Gasteiger partial charge >= 0.3 is 0 Å². The maximum atomic E-state index is 12.5. The summed E-state index contributed by atoms with van der Waals surface area (Å²) in [4.78, 5) is 17.0. The van der Waals surface area contributed by atoms with Gasteiger partial charge in [-0.3, -0.25) is 4.79 Å². The summed E-state index contributed by atoms with van der Waals surface area (Å²) >= 11 is 7.36. The number of hydrogen-bond donors (Lipinski definition) is 1. The van der Waals surface area contributed by atoms with E-state index in [1.807, 2.05) is 44.5 Å². The van der Waals surface area contributed by atoms with E-state index < -0.39 is 5.54 Å². The Morgan fingerprint density at radius 3 is 2.71 bits per heavy atom. The Balaban J connectivity index is 2.18. The van der Waals surface area contributed by atoms with Crippen molar-refractivity contribution in [2.24, 2.45) is 13.0 Å². The van der Waals surface area contributed by atoms with Crippen LogP contribution in [0.3, 0.4) is 0 Å². The first-order valence-electron chi connectivity index (χ1n) is 7.70. The number of benzene rings is 1. The molecule has 1 amide bonds. The van der Waals surface area contributed by atoms with Crippen LogP contribution in [-0.2, 0) is 11.8 Å². The largest absolute Gasteiger partial charge is 0.337 e. The lowest BCUT2D eigenvalue weighted by Crippen LogP contribution is -2.51. The van der Waals surface area contributed by atoms with Gasteiger partial charge in [-0.15, -0.1) is 0 Å². The molecule has 7 heteroatoms. The number of carbonyl (C=O) groups is 1. The fourth-order valence-corrected chi connectivity index (χ4v) is 3.18. The molecular formula is C17H21ClN4OS. The number of thioether (sulfide) groups is 1. The summed E-state index contributed by atoms with van der Waals surface area (Å²) in [6, 6.07) is 7.72. The highest BCUT2D eigenvalue weighted by atomic mass is 35.5. The second-order valence-electron chi connectivity index (χ2n) is 6.30. The molecule has 0 bridgehead atoms. The molecule has 0 fully saturated rings. The van der Waals surface area contributed by atoms with Crippen molar-refractivity contribution in [1.29, 1.82) is 5.26 Å². The number of nitrogens with zero attached hydrogens (tertiary/aromatic N) is 3. The van der Waals surface area contributed by atoms with Gasteiger partial charge in [0, 0.05) is 12.1 Å². The minimum absolute atomic E-state index is 0.0153. The van der Waals surface area contributed by atoms with Crippen LogP contribution in [0.2, 0.25) is 5.02 Å². The maximum absolute atomic E-state index is 12.5. The van der Waals surface area contributed by atoms with E-state index in [4.69, 9.17) is 11.6 Å². The SMILES string of the molecule is CC(C)[C@@](C)(C#N)NC(=O)[C@H](C)Sc1nc2cc(Cl)ccc2n1C. The molecule has 1 N–H and O–H groups in total. The lowest BCUT2D eigenvalue weighted by molar-refractivity contribution is -0.121. The normalized spacial score (nSPS) is 15.1. The van der Waals surface area contributed by atoms with Crippen molar-refractivity contribution >= 4 is 40.3 Å². The lowest BCUT2D eigenvalue weighted by atomic mass is 9.90. The maximum Gasteiger partial charge on any atom is 0.234 e. The number of halogens is 1. The van der Waals surface area contributed by atoms with Crippen LogP contribution in [0.1, 0.15) is 27.7 Å². The smallest absolute Gasteiger partial charge is 0.234 e. The molecule has 24 heavy (non-hydrogen) atoms. The minimum atomic E-state index is -0.883. The van der Waals surface area contributed by atoms with Gasteiger partial charge in [-0.1, -0.05) is 37.2 Å². The molecule has 0 aliphatic heterocycles. The predicted molar refractivity (Wildman–Crippen MR) is 98.0 cm³/mol. The summed E-state index contributed by atoms with van der Waals surface area (Å²) in [7, 11) is 1.91. The second-order valence-corrected chi connectivity index (χ2v) is 8.05. The molecule has 0 aliphatic carbocycles. The van der Waals surface area contributed by atoms with E-state index in [0.717, 1.165) is 16.2 Å². The zero-order valence-electron chi connectivity index (χ0n) is 14.4. The zero-order valence-corrected chi connectivity index (χ0v) is 16.0. The highest BCUT2D eigenvalue weighted by Crippen LogP contribution is 2.28. The molecule has 0 spiro atoms. The monoisotopic (exact) mass is 364 g/mol. The van der Waals surface area contributed by atoms with Gasteiger partial charge in [0.2, 0.25) is 5.91 Å². The van der Waals surface area contributed by atoms with E-state index in [9.17, 15) is 10.1 Å². The van der Waals surface area contributed by atoms with E-state index in [1.165, 1.54) is 11.8 Å². The number of aromatic nitrogens is 2. The molecular weight excluding hydrogens is 344 g/mol. The molecule has 2 rings (SSSR count). The number of rotatable bonds is 5. The summed E-state index contributed by atoms with van der Waals surface area (Å²) < 4.78 is 1.94. The molecule has 128 valence electrons. The Labute approximate surface area is 151 Å². The Morgan fingerprint density at radius 2 is 2.12 bits per heavy atom. The van der Waals surface area contributed by atoms with E-state index in [0.29, 0.717) is 5.02 Å². The molecule has 0 saturated carbocycles. The van der Waals surface area contributed by atoms with Crippen LogP contribution in [0.4, 0.5) is 0 Å². The predicted octanol–water partition coefficient (Wildman–Crippen LogP) is 3.76. The second kappa shape index (κ2) is 7.04. The van der Waals surface area contributed by atoms with Gasteiger partial charge < -0.3 is 9.88 Å². The average Bonchev–Trinajstić information content (AvgIpc) is 2.82. The van der Waals surface area contributed by atoms with E-state index in [2.05, 4.69) is 16.4 Å².